The van der Waals surface area contributed by atoms with Crippen LogP contribution in [-0.4, -0.2) is 65.1 Å². The lowest BCUT2D eigenvalue weighted by atomic mass is 10.1. The molecule has 8 heteroatoms. The van der Waals surface area contributed by atoms with Crippen LogP contribution in [0.25, 0.3) is 0 Å². The summed E-state index contributed by atoms with van der Waals surface area (Å²) >= 11 is 0. The normalized spacial score (nSPS) is 26.7. The summed E-state index contributed by atoms with van der Waals surface area (Å²) in [7, 11) is -1.63. The van der Waals surface area contributed by atoms with Gasteiger partial charge in [0.1, 0.15) is 0 Å². The van der Waals surface area contributed by atoms with Gasteiger partial charge in [0.2, 0.25) is 0 Å². The lowest BCUT2D eigenvalue weighted by Crippen LogP contribution is -2.56. The minimum absolute atomic E-state index is 0.000969. The first kappa shape index (κ1) is 14.4. The molecule has 0 aliphatic carbocycles. The number of aliphatic hydroxyl groups is 1. The average Bonchev–Trinajstić information content (AvgIpc) is 2.84. The van der Waals surface area contributed by atoms with E-state index in [4.69, 9.17) is 5.11 Å². The van der Waals surface area contributed by atoms with Crippen molar-refractivity contribution in [3.05, 3.63) is 11.8 Å². The number of likely N-dealkylation sites (N-methyl/N-ethyl adjacent to an activating group) is 1. The maximum absolute atomic E-state index is 12.6. The summed E-state index contributed by atoms with van der Waals surface area (Å²) in [5, 5.41) is 15.4. The summed E-state index contributed by atoms with van der Waals surface area (Å²) in [5.41, 5.74) is 0.305. The number of nitrogens with zero attached hydrogens (tertiary/aromatic N) is 3. The molecule has 2 heterocycles. The monoisotopic (exact) mass is 288 g/mol. The zero-order valence-corrected chi connectivity index (χ0v) is 12.2. The largest absolute Gasteiger partial charge is 0.392 e. The maximum atomic E-state index is 12.6. The molecule has 1 aromatic heterocycles. The number of sulfonamides is 1. The predicted molar refractivity (Wildman–Crippen MR) is 70.0 cm³/mol. The Morgan fingerprint density at radius 3 is 2.53 bits per heavy atom. The molecule has 0 saturated carbocycles. The second kappa shape index (κ2) is 5.20. The number of rotatable bonds is 3. The average molecular weight is 288 g/mol. The molecular weight excluding hydrogens is 268 g/mol. The van der Waals surface area contributed by atoms with Gasteiger partial charge in [-0.3, -0.25) is 10.00 Å². The number of hydrogen-bond donors (Lipinski definition) is 2. The van der Waals surface area contributed by atoms with Crippen LogP contribution in [0.3, 0.4) is 0 Å². The molecule has 0 spiro atoms. The third kappa shape index (κ3) is 2.53. The lowest BCUT2D eigenvalue weighted by molar-refractivity contribution is 0.105. The van der Waals surface area contributed by atoms with Crippen LogP contribution in [-0.2, 0) is 16.6 Å². The zero-order valence-electron chi connectivity index (χ0n) is 11.4. The molecule has 7 nitrogen and oxygen atoms in total. The van der Waals surface area contributed by atoms with Crippen LogP contribution in [0.5, 0.6) is 0 Å². The standard InChI is InChI=1S/C11H20N4O3S/c1-8-5-15(6-9(2)14(8)3)19(17,18)11-10(7-16)4-12-13-11/h4,8-9,16H,5-7H2,1-3H3,(H,12,13). The van der Waals surface area contributed by atoms with Crippen molar-refractivity contribution < 1.29 is 13.5 Å². The van der Waals surface area contributed by atoms with E-state index in [-0.39, 0.29) is 23.7 Å². The third-order valence-electron chi connectivity index (χ3n) is 3.77. The summed E-state index contributed by atoms with van der Waals surface area (Å²) in [6, 6.07) is 0.304. The highest BCUT2D eigenvalue weighted by molar-refractivity contribution is 7.89. The first-order chi connectivity index (χ1) is 8.87. The molecule has 1 fully saturated rings. The van der Waals surface area contributed by atoms with E-state index >= 15 is 0 Å². The summed E-state index contributed by atoms with van der Waals surface area (Å²) in [4.78, 5) is 2.16. The molecule has 0 radical (unpaired) electrons. The van der Waals surface area contributed by atoms with Gasteiger partial charge in [-0.2, -0.15) is 9.40 Å². The minimum atomic E-state index is -3.62. The van der Waals surface area contributed by atoms with Crippen molar-refractivity contribution in [3.63, 3.8) is 0 Å². The van der Waals surface area contributed by atoms with Crippen LogP contribution < -0.4 is 0 Å². The molecule has 2 unspecified atom stereocenters. The number of H-pyrrole nitrogens is 1. The Balaban J connectivity index is 2.31. The van der Waals surface area contributed by atoms with E-state index in [1.807, 2.05) is 20.9 Å². The van der Waals surface area contributed by atoms with E-state index in [9.17, 15) is 8.42 Å². The van der Waals surface area contributed by atoms with Gasteiger partial charge in [0.05, 0.1) is 12.8 Å². The molecule has 108 valence electrons. The van der Waals surface area contributed by atoms with E-state index in [1.165, 1.54) is 10.5 Å². The molecule has 0 amide bonds. The minimum Gasteiger partial charge on any atom is -0.392 e. The number of aromatic amines is 1. The highest BCUT2D eigenvalue weighted by Gasteiger charge is 2.36. The van der Waals surface area contributed by atoms with Crippen molar-refractivity contribution in [3.8, 4) is 0 Å². The second-order valence-electron chi connectivity index (χ2n) is 5.07. The fourth-order valence-electron chi connectivity index (χ4n) is 2.32. The summed E-state index contributed by atoms with van der Waals surface area (Å²) in [6.07, 6.45) is 1.34. The van der Waals surface area contributed by atoms with Crippen LogP contribution in [0, 0.1) is 0 Å². The van der Waals surface area contributed by atoms with Gasteiger partial charge in [0.25, 0.3) is 10.0 Å². The van der Waals surface area contributed by atoms with E-state index in [0.29, 0.717) is 18.7 Å². The molecule has 1 aliphatic rings. The Hall–Kier alpha value is -0.960. The van der Waals surface area contributed by atoms with Crippen molar-refractivity contribution >= 4 is 10.0 Å². The fraction of sp³-hybridized carbons (Fsp3) is 0.727. The van der Waals surface area contributed by atoms with Crippen LogP contribution >= 0.6 is 0 Å². The summed E-state index contributed by atoms with van der Waals surface area (Å²) in [6.45, 7) is 4.53. The van der Waals surface area contributed by atoms with Crippen LogP contribution in [0.1, 0.15) is 19.4 Å². The molecular formula is C11H20N4O3S. The number of hydrogen-bond acceptors (Lipinski definition) is 5. The molecule has 0 aromatic carbocycles. The molecule has 0 bridgehead atoms. The molecule has 1 saturated heterocycles. The number of piperazine rings is 1. The highest BCUT2D eigenvalue weighted by Crippen LogP contribution is 2.22. The molecule has 2 atom stereocenters. The quantitative estimate of drug-likeness (QED) is 0.791. The van der Waals surface area contributed by atoms with Gasteiger partial charge in [0, 0.05) is 30.7 Å². The van der Waals surface area contributed by atoms with Gasteiger partial charge < -0.3 is 5.11 Å². The Kier molecular flexibility index (Phi) is 3.95. The SMILES string of the molecule is CC1CN(S(=O)(=O)c2[nH]ncc2CO)CC(C)N1C. The van der Waals surface area contributed by atoms with E-state index in [2.05, 4.69) is 15.1 Å². The van der Waals surface area contributed by atoms with Gasteiger partial charge in [0.15, 0.2) is 5.03 Å². The number of aromatic nitrogens is 2. The van der Waals surface area contributed by atoms with Crippen LogP contribution in [0.15, 0.2) is 11.2 Å². The summed E-state index contributed by atoms with van der Waals surface area (Å²) in [5.74, 6) is 0. The highest BCUT2D eigenvalue weighted by atomic mass is 32.2. The Morgan fingerprint density at radius 2 is 2.00 bits per heavy atom. The third-order valence-corrected chi connectivity index (χ3v) is 5.62. The Bertz CT molecular complexity index is 530. The first-order valence-electron chi connectivity index (χ1n) is 6.23. The van der Waals surface area contributed by atoms with Crippen molar-refractivity contribution in [2.75, 3.05) is 20.1 Å². The van der Waals surface area contributed by atoms with Crippen molar-refractivity contribution in [2.45, 2.75) is 37.6 Å². The van der Waals surface area contributed by atoms with Crippen LogP contribution in [0.2, 0.25) is 0 Å². The molecule has 2 rings (SSSR count). The van der Waals surface area contributed by atoms with Gasteiger partial charge in [-0.05, 0) is 20.9 Å². The van der Waals surface area contributed by atoms with Gasteiger partial charge >= 0.3 is 0 Å². The maximum Gasteiger partial charge on any atom is 0.260 e. The lowest BCUT2D eigenvalue weighted by Gasteiger charge is -2.41. The van der Waals surface area contributed by atoms with Gasteiger partial charge in [-0.1, -0.05) is 0 Å². The first-order valence-corrected chi connectivity index (χ1v) is 7.67. The van der Waals surface area contributed by atoms with Crippen molar-refractivity contribution in [1.82, 2.24) is 19.4 Å². The molecule has 19 heavy (non-hydrogen) atoms. The summed E-state index contributed by atoms with van der Waals surface area (Å²) < 4.78 is 26.6. The van der Waals surface area contributed by atoms with Crippen molar-refractivity contribution in [1.29, 1.82) is 0 Å². The van der Waals surface area contributed by atoms with Crippen molar-refractivity contribution in [2.24, 2.45) is 0 Å². The van der Waals surface area contributed by atoms with E-state index < -0.39 is 10.0 Å². The second-order valence-corrected chi connectivity index (χ2v) is 6.94. The zero-order chi connectivity index (χ0) is 14.2. The number of nitrogens with one attached hydrogen (secondary N) is 1. The van der Waals surface area contributed by atoms with E-state index in [1.54, 1.807) is 0 Å². The molecule has 1 aromatic rings. The molecule has 1 aliphatic heterocycles. The molecule has 2 N–H and O–H groups in total. The topological polar surface area (TPSA) is 89.5 Å². The smallest absolute Gasteiger partial charge is 0.260 e. The number of aliphatic hydroxyl groups excluding tert-OH is 1. The van der Waals surface area contributed by atoms with Crippen LogP contribution in [0.4, 0.5) is 0 Å². The van der Waals surface area contributed by atoms with E-state index in [0.717, 1.165) is 0 Å². The predicted octanol–water partition coefficient (Wildman–Crippen LogP) is -0.385. The van der Waals surface area contributed by atoms with Gasteiger partial charge in [-0.15, -0.1) is 0 Å². The fourth-order valence-corrected chi connectivity index (χ4v) is 4.02. The van der Waals surface area contributed by atoms with Gasteiger partial charge in [-0.25, -0.2) is 8.42 Å². The Labute approximate surface area is 113 Å². The Morgan fingerprint density at radius 1 is 1.42 bits per heavy atom.